The number of hydrogen-bond donors (Lipinski definition) is 1. The third-order valence-corrected chi connectivity index (χ3v) is 5.23. The first-order valence-corrected chi connectivity index (χ1v) is 9.77. The number of aromatic nitrogens is 2. The largest absolute Gasteiger partial charge is 0.496 e. The highest BCUT2D eigenvalue weighted by atomic mass is 19.4. The summed E-state index contributed by atoms with van der Waals surface area (Å²) in [5, 5.41) is 11.2. The van der Waals surface area contributed by atoms with Crippen molar-refractivity contribution in [2.45, 2.75) is 44.4 Å². The molecule has 9 heteroatoms. The zero-order chi connectivity index (χ0) is 23.7. The highest BCUT2D eigenvalue weighted by Gasteiger charge is 2.55. The van der Waals surface area contributed by atoms with E-state index in [0.29, 0.717) is 22.9 Å². The molecule has 0 aliphatic rings. The van der Waals surface area contributed by atoms with Crippen LogP contribution in [-0.4, -0.2) is 40.2 Å². The molecule has 0 amide bonds. The number of rotatable bonds is 6. The minimum Gasteiger partial charge on any atom is -0.496 e. The van der Waals surface area contributed by atoms with Crippen molar-refractivity contribution in [2.75, 3.05) is 7.11 Å². The van der Waals surface area contributed by atoms with Crippen LogP contribution in [0.3, 0.4) is 0 Å². The van der Waals surface area contributed by atoms with Crippen molar-refractivity contribution in [3.63, 3.8) is 0 Å². The van der Waals surface area contributed by atoms with E-state index in [1.54, 1.807) is 19.1 Å². The Morgan fingerprint density at radius 1 is 1.16 bits per heavy atom. The number of alkyl halides is 3. The number of aliphatic imine (C=N–C) groups is 1. The Morgan fingerprint density at radius 2 is 1.88 bits per heavy atom. The van der Waals surface area contributed by atoms with Gasteiger partial charge in [0.2, 0.25) is 0 Å². The van der Waals surface area contributed by atoms with Crippen LogP contribution in [0.25, 0.3) is 10.9 Å². The zero-order valence-electron chi connectivity index (χ0n) is 18.0. The van der Waals surface area contributed by atoms with E-state index >= 15 is 0 Å². The number of halogens is 4. The van der Waals surface area contributed by atoms with Crippen LogP contribution in [0.5, 0.6) is 5.75 Å². The molecule has 1 unspecified atom stereocenters. The lowest BCUT2D eigenvalue weighted by atomic mass is 9.74. The van der Waals surface area contributed by atoms with Gasteiger partial charge in [0.25, 0.3) is 0 Å². The van der Waals surface area contributed by atoms with Crippen LogP contribution in [0.1, 0.15) is 31.7 Å². The summed E-state index contributed by atoms with van der Waals surface area (Å²) in [7, 11) is 1.34. The molecule has 3 aromatic rings. The molecule has 5 nitrogen and oxygen atoms in total. The number of nitrogens with zero attached hydrogens (tertiary/aromatic N) is 3. The molecule has 0 radical (unpaired) electrons. The van der Waals surface area contributed by atoms with Crippen LogP contribution in [0.4, 0.5) is 23.2 Å². The lowest BCUT2D eigenvalue weighted by Gasteiger charge is -2.36. The van der Waals surface area contributed by atoms with E-state index in [2.05, 4.69) is 15.0 Å². The Hall–Kier alpha value is -3.07. The number of fused-ring (bicyclic) bond motifs is 1. The van der Waals surface area contributed by atoms with Gasteiger partial charge in [-0.25, -0.2) is 14.4 Å². The first-order valence-electron chi connectivity index (χ1n) is 9.77. The van der Waals surface area contributed by atoms with Crippen LogP contribution in [-0.2, 0) is 5.41 Å². The Morgan fingerprint density at radius 3 is 2.53 bits per heavy atom. The molecule has 3 rings (SSSR count). The summed E-state index contributed by atoms with van der Waals surface area (Å²) >= 11 is 0. The van der Waals surface area contributed by atoms with E-state index in [1.807, 2.05) is 0 Å². The Balaban J connectivity index is 2.04. The lowest BCUT2D eigenvalue weighted by Crippen LogP contribution is -2.50. The number of methoxy groups -OCH3 is 1. The molecule has 0 aliphatic carbocycles. The van der Waals surface area contributed by atoms with E-state index in [1.165, 1.54) is 39.3 Å². The smallest absolute Gasteiger partial charge is 0.422 e. The monoisotopic (exact) mass is 449 g/mol. The molecule has 170 valence electrons. The quantitative estimate of drug-likeness (QED) is 0.401. The van der Waals surface area contributed by atoms with Crippen molar-refractivity contribution in [3.8, 4) is 5.75 Å². The van der Waals surface area contributed by atoms with Gasteiger partial charge in [0, 0.05) is 23.4 Å². The van der Waals surface area contributed by atoms with Crippen molar-refractivity contribution >= 4 is 22.8 Å². The minimum atomic E-state index is -5.04. The second-order valence-electron chi connectivity index (χ2n) is 8.21. The van der Waals surface area contributed by atoms with Gasteiger partial charge >= 0.3 is 6.18 Å². The van der Waals surface area contributed by atoms with Crippen molar-refractivity contribution < 1.29 is 27.4 Å². The summed E-state index contributed by atoms with van der Waals surface area (Å²) in [6.07, 6.45) is -3.90. The first kappa shape index (κ1) is 23.6. The van der Waals surface area contributed by atoms with Gasteiger partial charge < -0.3 is 9.84 Å². The van der Waals surface area contributed by atoms with Crippen molar-refractivity contribution in [1.82, 2.24) is 9.97 Å². The molecule has 1 aromatic heterocycles. The predicted octanol–water partition coefficient (Wildman–Crippen LogP) is 5.45. The van der Waals surface area contributed by atoms with E-state index in [-0.39, 0.29) is 17.0 Å². The van der Waals surface area contributed by atoms with E-state index < -0.39 is 29.4 Å². The summed E-state index contributed by atoms with van der Waals surface area (Å²) in [4.78, 5) is 12.3. The van der Waals surface area contributed by atoms with Gasteiger partial charge in [-0.05, 0) is 49.1 Å². The van der Waals surface area contributed by atoms with Crippen molar-refractivity contribution in [2.24, 2.45) is 4.99 Å². The van der Waals surface area contributed by atoms with Gasteiger partial charge in [-0.2, -0.15) is 13.2 Å². The van der Waals surface area contributed by atoms with E-state index in [4.69, 9.17) is 4.74 Å². The number of aryl methyl sites for hydroxylation is 1. The maximum atomic E-state index is 14.0. The van der Waals surface area contributed by atoms with Crippen LogP contribution < -0.4 is 4.74 Å². The summed E-state index contributed by atoms with van der Waals surface area (Å²) in [5.41, 5.74) is -3.70. The van der Waals surface area contributed by atoms with E-state index in [9.17, 15) is 22.7 Å². The van der Waals surface area contributed by atoms with Gasteiger partial charge in [-0.1, -0.05) is 19.9 Å². The Bertz CT molecular complexity index is 1160. The first-order chi connectivity index (χ1) is 14.9. The fourth-order valence-electron chi connectivity index (χ4n) is 3.62. The van der Waals surface area contributed by atoms with Crippen molar-refractivity contribution in [1.29, 1.82) is 0 Å². The summed E-state index contributed by atoms with van der Waals surface area (Å²) in [5.74, 6) is 0.111. The highest BCUT2D eigenvalue weighted by Crippen LogP contribution is 2.43. The SMILES string of the molecule is COc1ccc(F)cc1C(C)(C)CC(O)(/C=N\c1cccc2nc(C)ncc12)C(F)(F)F. The molecule has 0 aliphatic heterocycles. The fourth-order valence-corrected chi connectivity index (χ4v) is 3.62. The molecule has 0 saturated carbocycles. The van der Waals surface area contributed by atoms with E-state index in [0.717, 1.165) is 12.1 Å². The molecule has 0 bridgehead atoms. The van der Waals surface area contributed by atoms with Crippen LogP contribution >= 0.6 is 0 Å². The number of aliphatic hydroxyl groups is 1. The summed E-state index contributed by atoms with van der Waals surface area (Å²) in [6.45, 7) is 4.65. The van der Waals surface area contributed by atoms with Gasteiger partial charge in [0.1, 0.15) is 17.4 Å². The number of benzene rings is 2. The Kier molecular flexibility index (Phi) is 6.24. The Labute approximate surface area is 182 Å². The maximum absolute atomic E-state index is 14.0. The van der Waals surface area contributed by atoms with Gasteiger partial charge in [0.05, 0.1) is 18.3 Å². The second-order valence-corrected chi connectivity index (χ2v) is 8.21. The van der Waals surface area contributed by atoms with Gasteiger partial charge in [-0.3, -0.25) is 4.99 Å². The molecule has 2 aromatic carbocycles. The minimum absolute atomic E-state index is 0.186. The number of hydrogen-bond acceptors (Lipinski definition) is 5. The molecule has 0 spiro atoms. The lowest BCUT2D eigenvalue weighted by molar-refractivity contribution is -0.234. The van der Waals surface area contributed by atoms with Crippen LogP contribution in [0, 0.1) is 12.7 Å². The maximum Gasteiger partial charge on any atom is 0.422 e. The number of ether oxygens (including phenoxy) is 1. The molecule has 0 fully saturated rings. The van der Waals surface area contributed by atoms with Gasteiger partial charge in [-0.15, -0.1) is 0 Å². The molecule has 1 heterocycles. The normalized spacial score (nSPS) is 14.7. The third-order valence-electron chi connectivity index (χ3n) is 5.23. The highest BCUT2D eigenvalue weighted by molar-refractivity contribution is 5.91. The topological polar surface area (TPSA) is 67.6 Å². The molecular weight excluding hydrogens is 426 g/mol. The molecule has 1 N–H and O–H groups in total. The van der Waals surface area contributed by atoms with Crippen LogP contribution in [0.2, 0.25) is 0 Å². The van der Waals surface area contributed by atoms with Crippen LogP contribution in [0.15, 0.2) is 47.6 Å². The average molecular weight is 449 g/mol. The molecule has 1 atom stereocenters. The predicted molar refractivity (Wildman–Crippen MR) is 114 cm³/mol. The molecular formula is C23H23F4N3O2. The molecule has 0 saturated heterocycles. The summed E-state index contributed by atoms with van der Waals surface area (Å²) < 4.78 is 61.1. The van der Waals surface area contributed by atoms with Gasteiger partial charge in [0.15, 0.2) is 5.60 Å². The zero-order valence-corrected chi connectivity index (χ0v) is 18.0. The van der Waals surface area contributed by atoms with Crippen molar-refractivity contribution in [3.05, 3.63) is 59.8 Å². The molecule has 32 heavy (non-hydrogen) atoms. The standard InChI is InChI=1S/C23H23F4N3O2/c1-14-28-11-16-18(6-5-7-19(16)30-14)29-13-22(31,23(25,26)27)12-21(2,3)17-10-15(24)8-9-20(17)32-4/h5-11,13,31H,12H2,1-4H3/b29-13-. The fraction of sp³-hybridized carbons (Fsp3) is 0.348. The average Bonchev–Trinajstić information content (AvgIpc) is 2.70. The summed E-state index contributed by atoms with van der Waals surface area (Å²) in [6, 6.07) is 8.41. The third kappa shape index (κ3) is 4.72. The second kappa shape index (κ2) is 8.46.